The highest BCUT2D eigenvalue weighted by Crippen LogP contribution is 2.35. The molecule has 0 spiro atoms. The molecule has 2 atom stereocenters. The van der Waals surface area contributed by atoms with E-state index in [9.17, 15) is 23.2 Å². The first-order valence-electron chi connectivity index (χ1n) is 9.74. The van der Waals surface area contributed by atoms with Crippen LogP contribution in [0.4, 0.5) is 5.69 Å². The Morgan fingerprint density at radius 2 is 1.45 bits per heavy atom. The van der Waals surface area contributed by atoms with E-state index >= 15 is 0 Å². The van der Waals surface area contributed by atoms with E-state index in [1.807, 2.05) is 46.4 Å². The SMILES string of the molecule is CC(C)(C)CC(O)C(O)CN(c1ccc(S(=O)(=O)O)c2ccccc12)C(C)(C)C. The molecule has 0 aliphatic heterocycles. The van der Waals surface area contributed by atoms with E-state index in [4.69, 9.17) is 0 Å². The Balaban J connectivity index is 2.53. The third kappa shape index (κ3) is 5.92. The second kappa shape index (κ2) is 8.22. The second-order valence-corrected chi connectivity index (χ2v) is 11.2. The van der Waals surface area contributed by atoms with Crippen LogP contribution in [0.25, 0.3) is 10.8 Å². The van der Waals surface area contributed by atoms with Crippen molar-refractivity contribution < 1.29 is 23.2 Å². The molecule has 2 aromatic carbocycles. The van der Waals surface area contributed by atoms with Gasteiger partial charge in [-0.15, -0.1) is 0 Å². The van der Waals surface area contributed by atoms with E-state index in [-0.39, 0.29) is 16.9 Å². The van der Waals surface area contributed by atoms with Crippen molar-refractivity contribution >= 4 is 26.6 Å². The molecule has 2 aromatic rings. The molecule has 2 rings (SSSR count). The van der Waals surface area contributed by atoms with Gasteiger partial charge in [0.1, 0.15) is 4.90 Å². The quantitative estimate of drug-likeness (QED) is 0.611. The Bertz CT molecular complexity index is 957. The predicted octanol–water partition coefficient (Wildman–Crippen LogP) is 3.85. The van der Waals surface area contributed by atoms with Gasteiger partial charge < -0.3 is 15.1 Å². The Labute approximate surface area is 173 Å². The number of hydrogen-bond acceptors (Lipinski definition) is 5. The standard InChI is InChI=1S/C22H33NO5S/c1-21(2,3)13-18(24)19(25)14-23(22(4,5)6)17-11-12-20(29(26,27)28)16-10-8-7-9-15(16)17/h7-12,18-19,24-25H,13-14H2,1-6H3,(H,26,27,28). The zero-order valence-corrected chi connectivity index (χ0v) is 18.9. The van der Waals surface area contributed by atoms with Crippen LogP contribution in [0.5, 0.6) is 0 Å². The molecule has 7 heteroatoms. The number of hydrogen-bond donors (Lipinski definition) is 3. The minimum atomic E-state index is -4.37. The first kappa shape index (κ1) is 23.6. The average Bonchev–Trinajstić information content (AvgIpc) is 2.55. The molecule has 0 fully saturated rings. The maximum atomic E-state index is 11.8. The normalized spacial score (nSPS) is 15.3. The van der Waals surface area contributed by atoms with Gasteiger partial charge in [-0.3, -0.25) is 4.55 Å². The lowest BCUT2D eigenvalue weighted by molar-refractivity contribution is -0.00102. The van der Waals surface area contributed by atoms with E-state index in [0.717, 1.165) is 5.69 Å². The minimum Gasteiger partial charge on any atom is -0.390 e. The zero-order chi connectivity index (χ0) is 22.2. The largest absolute Gasteiger partial charge is 0.390 e. The summed E-state index contributed by atoms with van der Waals surface area (Å²) >= 11 is 0. The topological polar surface area (TPSA) is 98.1 Å². The summed E-state index contributed by atoms with van der Waals surface area (Å²) < 4.78 is 33.2. The lowest BCUT2D eigenvalue weighted by atomic mass is 9.87. The summed E-state index contributed by atoms with van der Waals surface area (Å²) in [6.07, 6.45) is -1.41. The van der Waals surface area contributed by atoms with Crippen LogP contribution in [0.1, 0.15) is 48.0 Å². The molecule has 0 aliphatic carbocycles. The fourth-order valence-electron chi connectivity index (χ4n) is 3.52. The van der Waals surface area contributed by atoms with Gasteiger partial charge in [0.2, 0.25) is 0 Å². The third-order valence-electron chi connectivity index (χ3n) is 4.87. The Morgan fingerprint density at radius 1 is 0.897 bits per heavy atom. The number of aliphatic hydroxyl groups is 2. The van der Waals surface area contributed by atoms with Gasteiger partial charge in [-0.05, 0) is 44.7 Å². The average molecular weight is 424 g/mol. The molecular weight excluding hydrogens is 390 g/mol. The van der Waals surface area contributed by atoms with Crippen LogP contribution >= 0.6 is 0 Å². The van der Waals surface area contributed by atoms with E-state index in [1.165, 1.54) is 6.07 Å². The number of benzene rings is 2. The van der Waals surface area contributed by atoms with Crippen LogP contribution in [0.3, 0.4) is 0 Å². The van der Waals surface area contributed by atoms with Gasteiger partial charge in [-0.2, -0.15) is 8.42 Å². The summed E-state index contributed by atoms with van der Waals surface area (Å²) in [5, 5.41) is 22.3. The van der Waals surface area contributed by atoms with E-state index in [1.54, 1.807) is 30.3 Å². The van der Waals surface area contributed by atoms with Gasteiger partial charge in [0, 0.05) is 28.5 Å². The lowest BCUT2D eigenvalue weighted by Crippen LogP contribution is -2.49. The van der Waals surface area contributed by atoms with E-state index in [2.05, 4.69) is 0 Å². The number of nitrogens with zero attached hydrogens (tertiary/aromatic N) is 1. The van der Waals surface area contributed by atoms with Crippen LogP contribution < -0.4 is 4.90 Å². The summed E-state index contributed by atoms with van der Waals surface area (Å²) in [7, 11) is -4.37. The predicted molar refractivity (Wildman–Crippen MR) is 117 cm³/mol. The summed E-state index contributed by atoms with van der Waals surface area (Å²) in [4.78, 5) is 1.80. The molecule has 0 saturated heterocycles. The molecule has 0 aromatic heterocycles. The molecule has 3 N–H and O–H groups in total. The number of aliphatic hydroxyl groups excluding tert-OH is 2. The summed E-state index contributed by atoms with van der Waals surface area (Å²) in [5.41, 5.74) is 0.184. The molecular formula is C22H33NO5S. The number of rotatable bonds is 6. The van der Waals surface area contributed by atoms with Gasteiger partial charge >= 0.3 is 0 Å². The van der Waals surface area contributed by atoms with Gasteiger partial charge in [-0.25, -0.2) is 0 Å². The van der Waals surface area contributed by atoms with Crippen molar-refractivity contribution in [2.24, 2.45) is 5.41 Å². The van der Waals surface area contributed by atoms with Crippen LogP contribution in [-0.2, 0) is 10.1 Å². The zero-order valence-electron chi connectivity index (χ0n) is 18.0. The Hall–Kier alpha value is -1.67. The van der Waals surface area contributed by atoms with Crippen LogP contribution in [0.15, 0.2) is 41.3 Å². The Morgan fingerprint density at radius 3 is 1.93 bits per heavy atom. The molecule has 6 nitrogen and oxygen atoms in total. The molecule has 0 saturated carbocycles. The van der Waals surface area contributed by atoms with Gasteiger partial charge in [0.05, 0.1) is 12.2 Å². The summed E-state index contributed by atoms with van der Waals surface area (Å²) in [6, 6.07) is 9.96. The van der Waals surface area contributed by atoms with Crippen molar-refractivity contribution in [1.82, 2.24) is 0 Å². The second-order valence-electron chi connectivity index (χ2n) is 9.78. The van der Waals surface area contributed by atoms with Crippen LogP contribution in [0.2, 0.25) is 0 Å². The molecule has 0 bridgehead atoms. The molecule has 162 valence electrons. The molecule has 2 unspecified atom stereocenters. The minimum absolute atomic E-state index is 0.128. The maximum Gasteiger partial charge on any atom is 0.295 e. The van der Waals surface area contributed by atoms with Gasteiger partial charge in [-0.1, -0.05) is 45.0 Å². The first-order valence-corrected chi connectivity index (χ1v) is 11.2. The maximum absolute atomic E-state index is 11.8. The van der Waals surface area contributed by atoms with Crippen LogP contribution in [-0.4, -0.2) is 47.5 Å². The van der Waals surface area contributed by atoms with Crippen molar-refractivity contribution in [2.45, 2.75) is 70.6 Å². The van der Waals surface area contributed by atoms with Crippen molar-refractivity contribution in [3.63, 3.8) is 0 Å². The van der Waals surface area contributed by atoms with E-state index < -0.39 is 27.9 Å². The van der Waals surface area contributed by atoms with Crippen molar-refractivity contribution in [1.29, 1.82) is 0 Å². The third-order valence-corrected chi connectivity index (χ3v) is 5.79. The monoisotopic (exact) mass is 423 g/mol. The molecule has 29 heavy (non-hydrogen) atoms. The highest BCUT2D eigenvalue weighted by molar-refractivity contribution is 7.86. The number of β-amino-alcohol motifs (C(OH)–C–C–N with tert-alkyl or cyclic N) is 1. The number of fused-ring (bicyclic) bond motifs is 1. The van der Waals surface area contributed by atoms with Crippen molar-refractivity contribution in [2.75, 3.05) is 11.4 Å². The fourth-order valence-corrected chi connectivity index (χ4v) is 4.22. The highest BCUT2D eigenvalue weighted by Gasteiger charge is 2.31. The fraction of sp³-hybridized carbons (Fsp3) is 0.545. The van der Waals surface area contributed by atoms with E-state index in [0.29, 0.717) is 17.2 Å². The lowest BCUT2D eigenvalue weighted by Gasteiger charge is -2.41. The first-order chi connectivity index (χ1) is 13.1. The summed E-state index contributed by atoms with van der Waals surface area (Å²) in [5.74, 6) is 0. The molecule has 0 radical (unpaired) electrons. The number of anilines is 1. The molecule has 0 heterocycles. The van der Waals surface area contributed by atoms with Crippen LogP contribution in [0, 0.1) is 5.41 Å². The van der Waals surface area contributed by atoms with Crippen molar-refractivity contribution in [3.8, 4) is 0 Å². The molecule has 0 amide bonds. The smallest absolute Gasteiger partial charge is 0.295 e. The van der Waals surface area contributed by atoms with Gasteiger partial charge in [0.25, 0.3) is 10.1 Å². The van der Waals surface area contributed by atoms with Gasteiger partial charge in [0.15, 0.2) is 0 Å². The highest BCUT2D eigenvalue weighted by atomic mass is 32.2. The summed E-state index contributed by atoms with van der Waals surface area (Å²) in [6.45, 7) is 12.2. The Kier molecular flexibility index (Phi) is 6.69. The molecule has 0 aliphatic rings. The van der Waals surface area contributed by atoms with Crippen molar-refractivity contribution in [3.05, 3.63) is 36.4 Å².